The second-order valence-electron chi connectivity index (χ2n) is 5.21. The van der Waals surface area contributed by atoms with Gasteiger partial charge in [0.05, 0.1) is 12.8 Å². The lowest BCUT2D eigenvalue weighted by atomic mass is 9.96. The molecule has 0 spiro atoms. The van der Waals surface area contributed by atoms with Gasteiger partial charge < -0.3 is 20.0 Å². The van der Waals surface area contributed by atoms with E-state index in [4.69, 9.17) is 4.42 Å². The van der Waals surface area contributed by atoms with Gasteiger partial charge in [-0.2, -0.15) is 0 Å². The zero-order valence-corrected chi connectivity index (χ0v) is 12.6. The van der Waals surface area contributed by atoms with Crippen LogP contribution in [0.25, 0.3) is 0 Å². The zero-order valence-electron chi connectivity index (χ0n) is 12.6. The van der Waals surface area contributed by atoms with E-state index in [1.54, 1.807) is 11.0 Å². The molecule has 0 aromatic carbocycles. The monoisotopic (exact) mass is 307 g/mol. The molecular formula is C15H21N3O4. The smallest absolute Gasteiger partial charge is 0.287 e. The van der Waals surface area contributed by atoms with Gasteiger partial charge in [-0.05, 0) is 31.9 Å². The highest BCUT2D eigenvalue weighted by molar-refractivity contribution is 5.94. The third kappa shape index (κ3) is 4.09. The quantitative estimate of drug-likeness (QED) is 0.823. The predicted octanol–water partition coefficient (Wildman–Crippen LogP) is 0.384. The average molecular weight is 307 g/mol. The number of piperidine rings is 1. The molecule has 7 heteroatoms. The highest BCUT2D eigenvalue weighted by Gasteiger charge is 2.27. The van der Waals surface area contributed by atoms with Crippen LogP contribution >= 0.6 is 0 Å². The van der Waals surface area contributed by atoms with Gasteiger partial charge >= 0.3 is 0 Å². The first-order valence-electron chi connectivity index (χ1n) is 7.49. The van der Waals surface area contributed by atoms with E-state index >= 15 is 0 Å². The van der Waals surface area contributed by atoms with Crippen molar-refractivity contribution in [1.29, 1.82) is 0 Å². The maximum absolute atomic E-state index is 12.1. The molecule has 2 rings (SSSR count). The molecule has 22 heavy (non-hydrogen) atoms. The van der Waals surface area contributed by atoms with E-state index in [2.05, 4.69) is 10.6 Å². The lowest BCUT2D eigenvalue weighted by Gasteiger charge is -2.31. The Morgan fingerprint density at radius 1 is 1.27 bits per heavy atom. The number of likely N-dealkylation sites (tertiary alicyclic amines) is 1. The minimum absolute atomic E-state index is 0.0262. The molecular weight excluding hydrogens is 286 g/mol. The first kappa shape index (κ1) is 16.1. The molecule has 1 saturated heterocycles. The molecule has 0 atom stereocenters. The number of carbonyl (C=O) groups excluding carboxylic acids is 3. The fourth-order valence-electron chi connectivity index (χ4n) is 2.47. The summed E-state index contributed by atoms with van der Waals surface area (Å²) in [5, 5.41) is 5.34. The molecule has 1 aliphatic rings. The summed E-state index contributed by atoms with van der Waals surface area (Å²) in [6.45, 7) is 3.52. The van der Waals surface area contributed by atoms with Crippen molar-refractivity contribution in [2.24, 2.45) is 5.92 Å². The Labute approximate surface area is 129 Å². The van der Waals surface area contributed by atoms with Crippen LogP contribution in [0.5, 0.6) is 0 Å². The van der Waals surface area contributed by atoms with E-state index in [-0.39, 0.29) is 30.0 Å². The topological polar surface area (TPSA) is 91.7 Å². The molecule has 7 nitrogen and oxygen atoms in total. The van der Waals surface area contributed by atoms with Crippen LogP contribution in [0.4, 0.5) is 0 Å². The standard InChI is InChI=1S/C15H21N3O4/c1-2-16-14(20)11-5-7-18(8-6-11)13(19)10-17-15(21)12-4-3-9-22-12/h3-4,9,11H,2,5-8,10H2,1H3,(H,16,20)(H,17,21). The summed E-state index contributed by atoms with van der Waals surface area (Å²) in [7, 11) is 0. The molecule has 0 bridgehead atoms. The Kier molecular flexibility index (Phi) is 5.57. The van der Waals surface area contributed by atoms with Crippen molar-refractivity contribution in [3.05, 3.63) is 24.2 Å². The minimum atomic E-state index is -0.407. The molecule has 0 unspecified atom stereocenters. The van der Waals surface area contributed by atoms with Crippen molar-refractivity contribution in [2.75, 3.05) is 26.2 Å². The molecule has 2 N–H and O–H groups in total. The Bertz CT molecular complexity index is 519. The number of hydrogen-bond donors (Lipinski definition) is 2. The van der Waals surface area contributed by atoms with Crippen molar-refractivity contribution < 1.29 is 18.8 Å². The van der Waals surface area contributed by atoms with Crippen molar-refractivity contribution in [3.63, 3.8) is 0 Å². The van der Waals surface area contributed by atoms with Crippen molar-refractivity contribution >= 4 is 17.7 Å². The number of amides is 3. The Morgan fingerprint density at radius 2 is 2.00 bits per heavy atom. The van der Waals surface area contributed by atoms with E-state index in [0.29, 0.717) is 32.5 Å². The molecule has 120 valence electrons. The number of hydrogen-bond acceptors (Lipinski definition) is 4. The van der Waals surface area contributed by atoms with Crippen molar-refractivity contribution in [3.8, 4) is 0 Å². The second-order valence-corrected chi connectivity index (χ2v) is 5.21. The van der Waals surface area contributed by atoms with Gasteiger partial charge in [0.1, 0.15) is 0 Å². The van der Waals surface area contributed by atoms with Crippen molar-refractivity contribution in [1.82, 2.24) is 15.5 Å². The molecule has 1 fully saturated rings. The number of nitrogens with zero attached hydrogens (tertiary/aromatic N) is 1. The Morgan fingerprint density at radius 3 is 2.59 bits per heavy atom. The summed E-state index contributed by atoms with van der Waals surface area (Å²) in [5.41, 5.74) is 0. The van der Waals surface area contributed by atoms with Gasteiger partial charge in [0.2, 0.25) is 11.8 Å². The van der Waals surface area contributed by atoms with E-state index in [1.807, 2.05) is 6.92 Å². The van der Waals surface area contributed by atoms with Crippen LogP contribution in [0.3, 0.4) is 0 Å². The molecule has 1 aromatic heterocycles. The molecule has 3 amide bonds. The second kappa shape index (κ2) is 7.63. The number of carbonyl (C=O) groups is 3. The van der Waals surface area contributed by atoms with Crippen LogP contribution in [-0.2, 0) is 9.59 Å². The fraction of sp³-hybridized carbons (Fsp3) is 0.533. The van der Waals surface area contributed by atoms with Crippen LogP contribution < -0.4 is 10.6 Å². The van der Waals surface area contributed by atoms with E-state index < -0.39 is 5.91 Å². The highest BCUT2D eigenvalue weighted by Crippen LogP contribution is 2.17. The molecule has 0 saturated carbocycles. The summed E-state index contributed by atoms with van der Waals surface area (Å²) in [4.78, 5) is 37.1. The molecule has 0 radical (unpaired) electrons. The zero-order chi connectivity index (χ0) is 15.9. The molecule has 2 heterocycles. The SMILES string of the molecule is CCNC(=O)C1CCN(C(=O)CNC(=O)c2ccco2)CC1. The predicted molar refractivity (Wildman–Crippen MR) is 79.0 cm³/mol. The minimum Gasteiger partial charge on any atom is -0.459 e. The molecule has 1 aliphatic heterocycles. The first-order chi connectivity index (χ1) is 10.6. The van der Waals surface area contributed by atoms with Gasteiger partial charge in [0.15, 0.2) is 5.76 Å². The van der Waals surface area contributed by atoms with Crippen LogP contribution in [0.1, 0.15) is 30.3 Å². The first-order valence-corrected chi connectivity index (χ1v) is 7.49. The average Bonchev–Trinajstić information content (AvgIpc) is 3.07. The van der Waals surface area contributed by atoms with Gasteiger partial charge in [-0.25, -0.2) is 0 Å². The largest absolute Gasteiger partial charge is 0.459 e. The third-order valence-electron chi connectivity index (χ3n) is 3.71. The summed E-state index contributed by atoms with van der Waals surface area (Å²) in [6, 6.07) is 3.15. The summed E-state index contributed by atoms with van der Waals surface area (Å²) in [6.07, 6.45) is 2.72. The number of rotatable bonds is 5. The maximum Gasteiger partial charge on any atom is 0.287 e. The van der Waals surface area contributed by atoms with Crippen LogP contribution in [0.15, 0.2) is 22.8 Å². The summed E-state index contributed by atoms with van der Waals surface area (Å²) in [5.74, 6) is -0.338. The normalized spacial score (nSPS) is 15.4. The van der Waals surface area contributed by atoms with Crippen LogP contribution in [0.2, 0.25) is 0 Å². The van der Waals surface area contributed by atoms with Crippen molar-refractivity contribution in [2.45, 2.75) is 19.8 Å². The Balaban J connectivity index is 1.73. The molecule has 1 aromatic rings. The lowest BCUT2D eigenvalue weighted by Crippen LogP contribution is -2.46. The Hall–Kier alpha value is -2.31. The molecule has 0 aliphatic carbocycles. The number of nitrogens with one attached hydrogen (secondary N) is 2. The van der Waals surface area contributed by atoms with E-state index in [1.165, 1.54) is 12.3 Å². The van der Waals surface area contributed by atoms with E-state index in [9.17, 15) is 14.4 Å². The van der Waals surface area contributed by atoms with Gasteiger partial charge in [0.25, 0.3) is 5.91 Å². The van der Waals surface area contributed by atoms with Gasteiger partial charge in [-0.1, -0.05) is 0 Å². The maximum atomic E-state index is 12.1. The fourth-order valence-corrected chi connectivity index (χ4v) is 2.47. The summed E-state index contributed by atoms with van der Waals surface area (Å²) >= 11 is 0. The third-order valence-corrected chi connectivity index (χ3v) is 3.71. The van der Waals surface area contributed by atoms with Gasteiger partial charge in [-0.15, -0.1) is 0 Å². The lowest BCUT2D eigenvalue weighted by molar-refractivity contribution is -0.134. The van der Waals surface area contributed by atoms with E-state index in [0.717, 1.165) is 0 Å². The number of furan rings is 1. The van der Waals surface area contributed by atoms with Gasteiger partial charge in [0, 0.05) is 25.6 Å². The highest BCUT2D eigenvalue weighted by atomic mass is 16.3. The van der Waals surface area contributed by atoms with Crippen LogP contribution in [0, 0.1) is 5.92 Å². The van der Waals surface area contributed by atoms with Gasteiger partial charge in [-0.3, -0.25) is 14.4 Å². The summed E-state index contributed by atoms with van der Waals surface area (Å²) < 4.78 is 4.96. The van der Waals surface area contributed by atoms with Crippen LogP contribution in [-0.4, -0.2) is 48.8 Å².